The van der Waals surface area contributed by atoms with Gasteiger partial charge in [-0.05, 0) is 6.42 Å². The molecule has 0 aliphatic rings. The molecule has 0 fully saturated rings. The van der Waals surface area contributed by atoms with Gasteiger partial charge in [0.25, 0.3) is 10.2 Å². The second-order valence-electron chi connectivity index (χ2n) is 4.81. The van der Waals surface area contributed by atoms with Crippen molar-refractivity contribution in [3.63, 3.8) is 0 Å². The minimum atomic E-state index is -3.49. The fourth-order valence-corrected chi connectivity index (χ4v) is 2.64. The number of methoxy groups -OCH3 is 1. The van der Waals surface area contributed by atoms with E-state index in [-0.39, 0.29) is 13.0 Å². The summed E-state index contributed by atoms with van der Waals surface area (Å²) in [6.45, 7) is 2.73. The molecular weight excluding hydrogens is 280 g/mol. The van der Waals surface area contributed by atoms with E-state index >= 15 is 0 Å². The summed E-state index contributed by atoms with van der Waals surface area (Å²) in [7, 11) is -0.750. The molecule has 1 N–H and O–H groups in total. The molecule has 0 aromatic heterocycles. The third-order valence-electron chi connectivity index (χ3n) is 3.08. The van der Waals surface area contributed by atoms with Crippen molar-refractivity contribution in [3.05, 3.63) is 0 Å². The highest BCUT2D eigenvalue weighted by Gasteiger charge is 2.17. The van der Waals surface area contributed by atoms with Crippen molar-refractivity contribution in [2.45, 2.75) is 51.9 Å². The summed E-state index contributed by atoms with van der Waals surface area (Å²) < 4.78 is 31.8. The van der Waals surface area contributed by atoms with Crippen LogP contribution >= 0.6 is 0 Å². The number of ether oxygens (including phenoxy) is 1. The van der Waals surface area contributed by atoms with Gasteiger partial charge in [0.05, 0.1) is 13.5 Å². The highest BCUT2D eigenvalue weighted by Crippen LogP contribution is 2.05. The van der Waals surface area contributed by atoms with Crippen molar-refractivity contribution in [3.8, 4) is 0 Å². The third kappa shape index (κ3) is 9.28. The molecule has 0 saturated carbocycles. The minimum absolute atomic E-state index is 0.0604. The number of unbranched alkanes of at least 4 members (excludes halogenated alkanes) is 5. The molecule has 0 aromatic rings. The van der Waals surface area contributed by atoms with Crippen LogP contribution in [0.1, 0.15) is 51.9 Å². The number of hydrogen-bond donors (Lipinski definition) is 1. The summed E-state index contributed by atoms with van der Waals surface area (Å²) in [4.78, 5) is 11.0. The van der Waals surface area contributed by atoms with E-state index in [1.54, 1.807) is 0 Å². The molecule has 0 spiro atoms. The van der Waals surface area contributed by atoms with E-state index in [0.29, 0.717) is 6.54 Å². The highest BCUT2D eigenvalue weighted by atomic mass is 32.2. The van der Waals surface area contributed by atoms with Crippen LogP contribution in [0.5, 0.6) is 0 Å². The van der Waals surface area contributed by atoms with Crippen molar-refractivity contribution in [1.82, 2.24) is 9.03 Å². The van der Waals surface area contributed by atoms with Crippen LogP contribution in [0.3, 0.4) is 0 Å². The second kappa shape index (κ2) is 11.0. The summed E-state index contributed by atoms with van der Waals surface area (Å²) >= 11 is 0. The Balaban J connectivity index is 3.80. The summed E-state index contributed by atoms with van der Waals surface area (Å²) in [6.07, 6.45) is 6.74. The normalized spacial score (nSPS) is 11.8. The van der Waals surface area contributed by atoms with Crippen LogP contribution < -0.4 is 4.72 Å². The first kappa shape index (κ1) is 19.3. The number of nitrogens with zero attached hydrogens (tertiary/aromatic N) is 1. The van der Waals surface area contributed by atoms with E-state index in [2.05, 4.69) is 16.4 Å². The molecule has 20 heavy (non-hydrogen) atoms. The van der Waals surface area contributed by atoms with Crippen LogP contribution in [0.25, 0.3) is 0 Å². The van der Waals surface area contributed by atoms with Crippen molar-refractivity contribution < 1.29 is 17.9 Å². The maximum Gasteiger partial charge on any atom is 0.306 e. The lowest BCUT2D eigenvalue weighted by Gasteiger charge is -2.17. The minimum Gasteiger partial charge on any atom is -0.469 e. The third-order valence-corrected chi connectivity index (χ3v) is 4.66. The van der Waals surface area contributed by atoms with Crippen molar-refractivity contribution in [2.75, 3.05) is 27.2 Å². The summed E-state index contributed by atoms with van der Waals surface area (Å²) in [5.41, 5.74) is 0. The van der Waals surface area contributed by atoms with Crippen LogP contribution in [0, 0.1) is 0 Å². The summed E-state index contributed by atoms with van der Waals surface area (Å²) in [5, 5.41) is 0. The predicted molar refractivity (Wildman–Crippen MR) is 79.6 cm³/mol. The lowest BCUT2D eigenvalue weighted by atomic mass is 10.1. The Bertz CT molecular complexity index is 357. The Labute approximate surface area is 123 Å². The molecule has 7 heteroatoms. The SMILES string of the molecule is CCCCCCCCNS(=O)(=O)N(C)CCC(=O)OC. The van der Waals surface area contributed by atoms with Gasteiger partial charge in [-0.2, -0.15) is 12.7 Å². The zero-order valence-electron chi connectivity index (χ0n) is 12.9. The molecule has 0 bridgehead atoms. The van der Waals surface area contributed by atoms with E-state index < -0.39 is 16.2 Å². The zero-order chi connectivity index (χ0) is 15.4. The Morgan fingerprint density at radius 1 is 1.15 bits per heavy atom. The Kier molecular flexibility index (Phi) is 10.7. The standard InChI is InChI=1S/C13H28N2O4S/c1-4-5-6-7-8-9-11-14-20(17,18)15(2)12-10-13(16)19-3/h14H,4-12H2,1-3H3. The quantitative estimate of drug-likeness (QED) is 0.439. The largest absolute Gasteiger partial charge is 0.469 e. The molecule has 0 saturated heterocycles. The number of hydrogen-bond acceptors (Lipinski definition) is 4. The second-order valence-corrected chi connectivity index (χ2v) is 6.68. The molecule has 0 rings (SSSR count). The van der Waals surface area contributed by atoms with Crippen LogP contribution in [0.15, 0.2) is 0 Å². The Hall–Kier alpha value is -0.660. The molecule has 0 amide bonds. The highest BCUT2D eigenvalue weighted by molar-refractivity contribution is 7.87. The molecule has 0 atom stereocenters. The number of carbonyl (C=O) groups is 1. The van der Waals surface area contributed by atoms with Gasteiger partial charge in [-0.25, -0.2) is 4.72 Å². The fourth-order valence-electron chi connectivity index (χ4n) is 1.69. The molecule has 0 heterocycles. The molecule has 0 unspecified atom stereocenters. The van der Waals surface area contributed by atoms with Gasteiger partial charge in [0.15, 0.2) is 0 Å². The average Bonchev–Trinajstić information content (AvgIpc) is 2.43. The molecule has 120 valence electrons. The Morgan fingerprint density at radius 3 is 2.35 bits per heavy atom. The van der Waals surface area contributed by atoms with Crippen LogP contribution in [-0.2, 0) is 19.7 Å². The summed E-state index contributed by atoms with van der Waals surface area (Å²) in [5.74, 6) is -0.414. The number of carbonyl (C=O) groups excluding carboxylic acids is 1. The monoisotopic (exact) mass is 308 g/mol. The van der Waals surface area contributed by atoms with Gasteiger partial charge in [-0.3, -0.25) is 4.79 Å². The summed E-state index contributed by atoms with van der Waals surface area (Å²) in [6, 6.07) is 0. The van der Waals surface area contributed by atoms with Gasteiger partial charge in [0, 0.05) is 20.1 Å². The van der Waals surface area contributed by atoms with Crippen LogP contribution in [0.2, 0.25) is 0 Å². The van der Waals surface area contributed by atoms with Gasteiger partial charge in [-0.15, -0.1) is 0 Å². The van der Waals surface area contributed by atoms with Crippen molar-refractivity contribution in [2.24, 2.45) is 0 Å². The molecule has 0 aliphatic carbocycles. The predicted octanol–water partition coefficient (Wildman–Crippen LogP) is 1.68. The van der Waals surface area contributed by atoms with Crippen LogP contribution in [0.4, 0.5) is 0 Å². The van der Waals surface area contributed by atoms with Gasteiger partial charge in [0.1, 0.15) is 0 Å². The first-order valence-electron chi connectivity index (χ1n) is 7.21. The molecule has 0 aromatic carbocycles. The van der Waals surface area contributed by atoms with E-state index in [1.807, 2.05) is 0 Å². The molecule has 6 nitrogen and oxygen atoms in total. The van der Waals surface area contributed by atoms with Crippen LogP contribution in [-0.4, -0.2) is 45.9 Å². The van der Waals surface area contributed by atoms with Crippen molar-refractivity contribution >= 4 is 16.2 Å². The zero-order valence-corrected chi connectivity index (χ0v) is 13.7. The lowest BCUT2D eigenvalue weighted by Crippen LogP contribution is -2.39. The van der Waals surface area contributed by atoms with E-state index in [0.717, 1.165) is 23.6 Å². The lowest BCUT2D eigenvalue weighted by molar-refractivity contribution is -0.140. The number of esters is 1. The first-order chi connectivity index (χ1) is 9.44. The Morgan fingerprint density at radius 2 is 1.75 bits per heavy atom. The number of rotatable bonds is 12. The molecule has 0 radical (unpaired) electrons. The van der Waals surface area contributed by atoms with E-state index in [1.165, 1.54) is 33.4 Å². The van der Waals surface area contributed by atoms with Gasteiger partial charge < -0.3 is 4.74 Å². The van der Waals surface area contributed by atoms with Gasteiger partial charge >= 0.3 is 5.97 Å². The molecule has 0 aliphatic heterocycles. The van der Waals surface area contributed by atoms with Crippen molar-refractivity contribution in [1.29, 1.82) is 0 Å². The first-order valence-corrected chi connectivity index (χ1v) is 8.65. The van der Waals surface area contributed by atoms with E-state index in [9.17, 15) is 13.2 Å². The maximum atomic E-state index is 11.8. The smallest absolute Gasteiger partial charge is 0.306 e. The maximum absolute atomic E-state index is 11.8. The van der Waals surface area contributed by atoms with E-state index in [4.69, 9.17) is 0 Å². The average molecular weight is 308 g/mol. The number of nitrogens with one attached hydrogen (secondary N) is 1. The topological polar surface area (TPSA) is 75.7 Å². The van der Waals surface area contributed by atoms with Gasteiger partial charge in [0.2, 0.25) is 0 Å². The molecular formula is C13H28N2O4S. The fraction of sp³-hybridized carbons (Fsp3) is 0.923. The van der Waals surface area contributed by atoms with Gasteiger partial charge in [-0.1, -0.05) is 39.0 Å².